The largest absolute Gasteiger partial charge is 0.330 e. The number of carbonyl (C=O) groups excluding carboxylic acids is 1. The second-order valence-electron chi connectivity index (χ2n) is 4.77. The first kappa shape index (κ1) is 12.7. The molecular weight excluding hydrogens is 257 g/mol. The minimum atomic E-state index is -0.484. The Kier molecular flexibility index (Phi) is 3.41. The summed E-state index contributed by atoms with van der Waals surface area (Å²) in [6.07, 6.45) is 6.60. The lowest BCUT2D eigenvalue weighted by molar-refractivity contribution is 0.0728. The standard InChI is InChI=1S/C15H14FN3O/c16-12-5-2-1-4-11(12)15(20)19-9-3-6-14(19)13-10-17-7-8-18-13/h1-2,4-5,7-8,10,14H,3,6,9H2/t14-/m1/s1. The predicted octanol–water partition coefficient (Wildman–Crippen LogP) is 2.59. The number of likely N-dealkylation sites (tertiary alicyclic amines) is 1. The number of hydrogen-bond donors (Lipinski definition) is 0. The molecule has 0 radical (unpaired) electrons. The molecule has 102 valence electrons. The van der Waals surface area contributed by atoms with Crippen LogP contribution in [0.15, 0.2) is 42.9 Å². The number of amides is 1. The number of benzene rings is 1. The second-order valence-corrected chi connectivity index (χ2v) is 4.77. The molecule has 1 aliphatic heterocycles. The average Bonchev–Trinajstić information content (AvgIpc) is 2.97. The summed E-state index contributed by atoms with van der Waals surface area (Å²) in [6.45, 7) is 0.619. The maximum absolute atomic E-state index is 13.7. The zero-order valence-electron chi connectivity index (χ0n) is 10.9. The summed E-state index contributed by atoms with van der Waals surface area (Å²) in [5, 5.41) is 0. The summed E-state index contributed by atoms with van der Waals surface area (Å²) in [5.74, 6) is -0.765. The van der Waals surface area contributed by atoms with Gasteiger partial charge in [-0.15, -0.1) is 0 Å². The molecular formula is C15H14FN3O. The van der Waals surface area contributed by atoms with Crippen molar-refractivity contribution in [2.45, 2.75) is 18.9 Å². The molecule has 0 unspecified atom stereocenters. The maximum Gasteiger partial charge on any atom is 0.257 e. The van der Waals surface area contributed by atoms with E-state index in [4.69, 9.17) is 0 Å². The normalized spacial score (nSPS) is 18.2. The fourth-order valence-electron chi connectivity index (χ4n) is 2.59. The van der Waals surface area contributed by atoms with Gasteiger partial charge in [-0.1, -0.05) is 12.1 Å². The Bertz CT molecular complexity index is 618. The van der Waals surface area contributed by atoms with E-state index in [1.54, 1.807) is 35.6 Å². The monoisotopic (exact) mass is 271 g/mol. The van der Waals surface area contributed by atoms with Gasteiger partial charge in [0.25, 0.3) is 5.91 Å². The summed E-state index contributed by atoms with van der Waals surface area (Å²) in [6, 6.07) is 5.96. The maximum atomic E-state index is 13.7. The highest BCUT2D eigenvalue weighted by molar-refractivity contribution is 5.94. The molecule has 20 heavy (non-hydrogen) atoms. The van der Waals surface area contributed by atoms with E-state index in [9.17, 15) is 9.18 Å². The van der Waals surface area contributed by atoms with E-state index in [-0.39, 0.29) is 17.5 Å². The lowest BCUT2D eigenvalue weighted by atomic mass is 10.1. The lowest BCUT2D eigenvalue weighted by Gasteiger charge is -2.24. The summed E-state index contributed by atoms with van der Waals surface area (Å²) in [7, 11) is 0. The quantitative estimate of drug-likeness (QED) is 0.843. The molecule has 1 atom stereocenters. The predicted molar refractivity (Wildman–Crippen MR) is 71.4 cm³/mol. The highest BCUT2D eigenvalue weighted by atomic mass is 19.1. The minimum Gasteiger partial charge on any atom is -0.330 e. The van der Waals surface area contributed by atoms with Gasteiger partial charge in [0.05, 0.1) is 23.5 Å². The number of aromatic nitrogens is 2. The molecule has 2 aromatic rings. The van der Waals surface area contributed by atoms with Gasteiger partial charge < -0.3 is 4.90 Å². The zero-order chi connectivity index (χ0) is 13.9. The van der Waals surface area contributed by atoms with Crippen molar-refractivity contribution in [3.63, 3.8) is 0 Å². The Morgan fingerprint density at radius 2 is 2.15 bits per heavy atom. The first-order valence-corrected chi connectivity index (χ1v) is 6.59. The Hall–Kier alpha value is -2.30. The number of halogens is 1. The fourth-order valence-corrected chi connectivity index (χ4v) is 2.59. The molecule has 1 amide bonds. The van der Waals surface area contributed by atoms with Gasteiger partial charge in [0.2, 0.25) is 0 Å². The van der Waals surface area contributed by atoms with Gasteiger partial charge in [0.1, 0.15) is 5.82 Å². The molecule has 1 aromatic carbocycles. The highest BCUT2D eigenvalue weighted by Gasteiger charge is 2.32. The van der Waals surface area contributed by atoms with E-state index >= 15 is 0 Å². The van der Waals surface area contributed by atoms with Gasteiger partial charge in [-0.25, -0.2) is 4.39 Å². The molecule has 4 nitrogen and oxygen atoms in total. The van der Waals surface area contributed by atoms with Crippen LogP contribution in [0.2, 0.25) is 0 Å². The van der Waals surface area contributed by atoms with Crippen LogP contribution < -0.4 is 0 Å². The molecule has 0 aliphatic carbocycles. The second kappa shape index (κ2) is 5.36. The third kappa shape index (κ3) is 2.27. The highest BCUT2D eigenvalue weighted by Crippen LogP contribution is 2.31. The Labute approximate surface area is 116 Å². The number of rotatable bonds is 2. The molecule has 1 aliphatic rings. The van der Waals surface area contributed by atoms with Crippen molar-refractivity contribution in [3.8, 4) is 0 Å². The summed E-state index contributed by atoms with van der Waals surface area (Å²) < 4.78 is 13.7. The smallest absolute Gasteiger partial charge is 0.257 e. The Morgan fingerprint density at radius 3 is 2.90 bits per heavy atom. The van der Waals surface area contributed by atoms with E-state index in [0.29, 0.717) is 6.54 Å². The first-order chi connectivity index (χ1) is 9.77. The first-order valence-electron chi connectivity index (χ1n) is 6.59. The molecule has 1 fully saturated rings. The SMILES string of the molecule is O=C(c1ccccc1F)N1CCC[C@@H]1c1cnccn1. The number of hydrogen-bond acceptors (Lipinski definition) is 3. The van der Waals surface area contributed by atoms with Crippen LogP contribution in [0.1, 0.15) is 34.9 Å². The van der Waals surface area contributed by atoms with E-state index in [1.165, 1.54) is 12.1 Å². The summed E-state index contributed by atoms with van der Waals surface area (Å²) >= 11 is 0. The minimum absolute atomic E-state index is 0.114. The molecule has 5 heteroatoms. The van der Waals surface area contributed by atoms with Crippen LogP contribution in [0.3, 0.4) is 0 Å². The van der Waals surface area contributed by atoms with Gasteiger partial charge in [0, 0.05) is 18.9 Å². The van der Waals surface area contributed by atoms with Gasteiger partial charge in [-0.05, 0) is 25.0 Å². The molecule has 0 N–H and O–H groups in total. The molecule has 0 saturated carbocycles. The van der Waals surface area contributed by atoms with Crippen LogP contribution in [0.4, 0.5) is 4.39 Å². The van der Waals surface area contributed by atoms with Crippen LogP contribution in [-0.4, -0.2) is 27.3 Å². The van der Waals surface area contributed by atoms with Crippen LogP contribution in [0, 0.1) is 5.82 Å². The van der Waals surface area contributed by atoms with Gasteiger partial charge >= 0.3 is 0 Å². The third-order valence-electron chi connectivity index (χ3n) is 3.54. The van der Waals surface area contributed by atoms with Gasteiger partial charge in [-0.2, -0.15) is 0 Å². The molecule has 0 bridgehead atoms. The Balaban J connectivity index is 1.90. The molecule has 1 aromatic heterocycles. The van der Waals surface area contributed by atoms with Crippen molar-refractivity contribution < 1.29 is 9.18 Å². The molecule has 0 spiro atoms. The zero-order valence-corrected chi connectivity index (χ0v) is 10.9. The fraction of sp³-hybridized carbons (Fsp3) is 0.267. The van der Waals surface area contributed by atoms with E-state index in [0.717, 1.165) is 18.5 Å². The Morgan fingerprint density at radius 1 is 1.30 bits per heavy atom. The van der Waals surface area contributed by atoms with E-state index in [2.05, 4.69) is 9.97 Å². The van der Waals surface area contributed by atoms with Crippen LogP contribution >= 0.6 is 0 Å². The van der Waals surface area contributed by atoms with Crippen molar-refractivity contribution >= 4 is 5.91 Å². The average molecular weight is 271 g/mol. The summed E-state index contributed by atoms with van der Waals surface area (Å²) in [4.78, 5) is 22.5. The van der Waals surface area contributed by atoms with Gasteiger partial charge in [-0.3, -0.25) is 14.8 Å². The van der Waals surface area contributed by atoms with Gasteiger partial charge in [0.15, 0.2) is 0 Å². The number of nitrogens with zero attached hydrogens (tertiary/aromatic N) is 3. The van der Waals surface area contributed by atoms with E-state index in [1.807, 2.05) is 0 Å². The van der Waals surface area contributed by atoms with Crippen molar-refractivity contribution in [1.29, 1.82) is 0 Å². The van der Waals surface area contributed by atoms with Crippen molar-refractivity contribution in [1.82, 2.24) is 14.9 Å². The molecule has 1 saturated heterocycles. The van der Waals surface area contributed by atoms with Crippen molar-refractivity contribution in [2.75, 3.05) is 6.54 Å². The topological polar surface area (TPSA) is 46.1 Å². The van der Waals surface area contributed by atoms with Crippen LogP contribution in [-0.2, 0) is 0 Å². The van der Waals surface area contributed by atoms with Crippen LogP contribution in [0.25, 0.3) is 0 Å². The third-order valence-corrected chi connectivity index (χ3v) is 3.54. The molecule has 2 heterocycles. The van der Waals surface area contributed by atoms with Crippen molar-refractivity contribution in [3.05, 3.63) is 59.9 Å². The molecule has 3 rings (SSSR count). The lowest BCUT2D eigenvalue weighted by Crippen LogP contribution is -2.31. The van der Waals surface area contributed by atoms with Crippen LogP contribution in [0.5, 0.6) is 0 Å². The van der Waals surface area contributed by atoms with Crippen molar-refractivity contribution in [2.24, 2.45) is 0 Å². The van der Waals surface area contributed by atoms with E-state index < -0.39 is 5.82 Å². The number of carbonyl (C=O) groups is 1. The summed E-state index contributed by atoms with van der Waals surface area (Å²) in [5.41, 5.74) is 0.873.